The second kappa shape index (κ2) is 7.99. The van der Waals surface area contributed by atoms with Crippen molar-refractivity contribution in [1.29, 1.82) is 0 Å². The van der Waals surface area contributed by atoms with Crippen LogP contribution in [-0.4, -0.2) is 31.0 Å². The molecule has 2 amide bonds. The van der Waals surface area contributed by atoms with Gasteiger partial charge in [-0.25, -0.2) is 0 Å². The van der Waals surface area contributed by atoms with E-state index in [0.29, 0.717) is 25.8 Å². The largest absolute Gasteiger partial charge is 0.496 e. The standard InChI is InChI=1S/C18H26N2O3/c1-3-18(12-9-17(22)20-18)11-8-16(21)19-13-10-14-6-4-5-7-15(14)23-2/h4-7H,3,8-13H2,1-2H3,(H,19,21)(H,20,22). The van der Waals surface area contributed by atoms with Gasteiger partial charge in [0.05, 0.1) is 7.11 Å². The Labute approximate surface area is 137 Å². The minimum absolute atomic E-state index is 0.0360. The van der Waals surface area contributed by atoms with Gasteiger partial charge in [-0.3, -0.25) is 9.59 Å². The van der Waals surface area contributed by atoms with Gasteiger partial charge in [-0.2, -0.15) is 0 Å². The first-order valence-corrected chi connectivity index (χ1v) is 8.28. The van der Waals surface area contributed by atoms with Gasteiger partial charge in [0.2, 0.25) is 11.8 Å². The van der Waals surface area contributed by atoms with Crippen molar-refractivity contribution in [3.8, 4) is 5.75 Å². The number of benzene rings is 1. The van der Waals surface area contributed by atoms with Crippen LogP contribution in [-0.2, 0) is 16.0 Å². The summed E-state index contributed by atoms with van der Waals surface area (Å²) < 4.78 is 5.30. The second-order valence-corrected chi connectivity index (χ2v) is 6.09. The highest BCUT2D eigenvalue weighted by molar-refractivity contribution is 5.80. The van der Waals surface area contributed by atoms with Crippen LogP contribution in [0.4, 0.5) is 0 Å². The summed E-state index contributed by atoms with van der Waals surface area (Å²) in [7, 11) is 1.65. The van der Waals surface area contributed by atoms with Crippen molar-refractivity contribution < 1.29 is 14.3 Å². The molecule has 0 aliphatic carbocycles. The van der Waals surface area contributed by atoms with Crippen molar-refractivity contribution in [2.24, 2.45) is 0 Å². The van der Waals surface area contributed by atoms with Crippen molar-refractivity contribution in [1.82, 2.24) is 10.6 Å². The molecule has 2 N–H and O–H groups in total. The number of para-hydroxylation sites is 1. The van der Waals surface area contributed by atoms with Crippen molar-refractivity contribution in [2.75, 3.05) is 13.7 Å². The lowest BCUT2D eigenvalue weighted by atomic mass is 9.89. The summed E-state index contributed by atoms with van der Waals surface area (Å²) in [5.74, 6) is 0.984. The number of hydrogen-bond donors (Lipinski definition) is 2. The molecule has 1 atom stereocenters. The molecule has 23 heavy (non-hydrogen) atoms. The van der Waals surface area contributed by atoms with Crippen molar-refractivity contribution in [3.05, 3.63) is 29.8 Å². The Hall–Kier alpha value is -2.04. The third kappa shape index (κ3) is 4.71. The second-order valence-electron chi connectivity index (χ2n) is 6.09. The molecule has 1 heterocycles. The first kappa shape index (κ1) is 17.3. The van der Waals surface area contributed by atoms with E-state index >= 15 is 0 Å². The highest BCUT2D eigenvalue weighted by Gasteiger charge is 2.35. The molecule has 1 aliphatic rings. The maximum atomic E-state index is 12.0. The van der Waals surface area contributed by atoms with Gasteiger partial charge in [-0.1, -0.05) is 25.1 Å². The van der Waals surface area contributed by atoms with Crippen LogP contribution >= 0.6 is 0 Å². The molecule has 1 aliphatic heterocycles. The Morgan fingerprint density at radius 2 is 2.17 bits per heavy atom. The maximum Gasteiger partial charge on any atom is 0.220 e. The SMILES string of the molecule is CCC1(CCC(=O)NCCc2ccccc2OC)CCC(=O)N1. The van der Waals surface area contributed by atoms with E-state index in [0.717, 1.165) is 30.6 Å². The predicted molar refractivity (Wildman–Crippen MR) is 89.3 cm³/mol. The van der Waals surface area contributed by atoms with Gasteiger partial charge in [-0.15, -0.1) is 0 Å². The number of amides is 2. The summed E-state index contributed by atoms with van der Waals surface area (Å²) in [6, 6.07) is 7.82. The number of carbonyl (C=O) groups is 2. The Morgan fingerprint density at radius 1 is 1.39 bits per heavy atom. The lowest BCUT2D eigenvalue weighted by Gasteiger charge is -2.27. The van der Waals surface area contributed by atoms with Crippen LogP contribution < -0.4 is 15.4 Å². The van der Waals surface area contributed by atoms with E-state index in [9.17, 15) is 9.59 Å². The van der Waals surface area contributed by atoms with Gasteiger partial charge in [0, 0.05) is 24.9 Å². The van der Waals surface area contributed by atoms with Crippen molar-refractivity contribution >= 4 is 11.8 Å². The molecule has 5 nitrogen and oxygen atoms in total. The monoisotopic (exact) mass is 318 g/mol. The normalized spacial score (nSPS) is 20.2. The van der Waals surface area contributed by atoms with Gasteiger partial charge in [0.15, 0.2) is 0 Å². The summed E-state index contributed by atoms with van der Waals surface area (Å²) >= 11 is 0. The fourth-order valence-electron chi connectivity index (χ4n) is 3.09. The predicted octanol–water partition coefficient (Wildman–Crippen LogP) is 2.19. The number of rotatable bonds is 8. The van der Waals surface area contributed by atoms with Crippen LogP contribution in [0.5, 0.6) is 5.75 Å². The molecule has 0 aromatic heterocycles. The molecule has 2 rings (SSSR count). The minimum atomic E-state index is -0.183. The number of ether oxygens (including phenoxy) is 1. The van der Waals surface area contributed by atoms with Gasteiger partial charge < -0.3 is 15.4 Å². The van der Waals surface area contributed by atoms with E-state index in [1.165, 1.54) is 0 Å². The number of nitrogens with one attached hydrogen (secondary N) is 2. The topological polar surface area (TPSA) is 67.4 Å². The number of hydrogen-bond acceptors (Lipinski definition) is 3. The van der Waals surface area contributed by atoms with E-state index in [1.54, 1.807) is 7.11 Å². The third-order valence-corrected chi connectivity index (χ3v) is 4.65. The molecule has 1 aromatic carbocycles. The van der Waals surface area contributed by atoms with E-state index in [-0.39, 0.29) is 17.4 Å². The zero-order valence-corrected chi connectivity index (χ0v) is 14.0. The van der Waals surface area contributed by atoms with E-state index < -0.39 is 0 Å². The van der Waals surface area contributed by atoms with Gasteiger partial charge >= 0.3 is 0 Å². The summed E-state index contributed by atoms with van der Waals surface area (Å²) in [4.78, 5) is 23.5. The fraction of sp³-hybridized carbons (Fsp3) is 0.556. The smallest absolute Gasteiger partial charge is 0.220 e. The fourth-order valence-corrected chi connectivity index (χ4v) is 3.09. The average Bonchev–Trinajstić information content (AvgIpc) is 2.95. The van der Waals surface area contributed by atoms with Crippen molar-refractivity contribution in [3.63, 3.8) is 0 Å². The molecule has 1 fully saturated rings. The van der Waals surface area contributed by atoms with Crippen LogP contribution in [0.25, 0.3) is 0 Å². The summed E-state index contributed by atoms with van der Waals surface area (Å²) in [5, 5.41) is 5.99. The Kier molecular flexibility index (Phi) is 6.02. The van der Waals surface area contributed by atoms with Gasteiger partial charge in [0.25, 0.3) is 0 Å². The molecule has 126 valence electrons. The summed E-state index contributed by atoms with van der Waals surface area (Å²) in [6.07, 6.45) is 4.16. The van der Waals surface area contributed by atoms with Crippen LogP contribution in [0, 0.1) is 0 Å². The van der Waals surface area contributed by atoms with Gasteiger partial charge in [-0.05, 0) is 37.3 Å². The van der Waals surface area contributed by atoms with E-state index in [1.807, 2.05) is 24.3 Å². The molecular formula is C18H26N2O3. The Morgan fingerprint density at radius 3 is 2.83 bits per heavy atom. The quantitative estimate of drug-likeness (QED) is 0.772. The van der Waals surface area contributed by atoms with Crippen molar-refractivity contribution in [2.45, 2.75) is 51.0 Å². The summed E-state index contributed by atoms with van der Waals surface area (Å²) in [5.41, 5.74) is 0.903. The molecule has 5 heteroatoms. The first-order chi connectivity index (χ1) is 11.1. The average molecular weight is 318 g/mol. The lowest BCUT2D eigenvalue weighted by molar-refractivity contribution is -0.122. The van der Waals surface area contributed by atoms with E-state index in [4.69, 9.17) is 4.74 Å². The number of methoxy groups -OCH3 is 1. The van der Waals surface area contributed by atoms with E-state index in [2.05, 4.69) is 17.6 Å². The van der Waals surface area contributed by atoms with Crippen LogP contribution in [0.3, 0.4) is 0 Å². The minimum Gasteiger partial charge on any atom is -0.496 e. The molecule has 0 saturated carbocycles. The van der Waals surface area contributed by atoms with Crippen LogP contribution in [0.2, 0.25) is 0 Å². The molecule has 1 aromatic rings. The lowest BCUT2D eigenvalue weighted by Crippen LogP contribution is -2.42. The number of carbonyl (C=O) groups excluding carboxylic acids is 2. The first-order valence-electron chi connectivity index (χ1n) is 8.28. The third-order valence-electron chi connectivity index (χ3n) is 4.65. The molecule has 1 unspecified atom stereocenters. The van der Waals surface area contributed by atoms with Crippen LogP contribution in [0.1, 0.15) is 44.6 Å². The Bertz CT molecular complexity index is 559. The zero-order chi connectivity index (χ0) is 16.7. The van der Waals surface area contributed by atoms with Gasteiger partial charge in [0.1, 0.15) is 5.75 Å². The molecule has 0 bridgehead atoms. The highest BCUT2D eigenvalue weighted by atomic mass is 16.5. The molecule has 1 saturated heterocycles. The highest BCUT2D eigenvalue weighted by Crippen LogP contribution is 2.28. The molecular weight excluding hydrogens is 292 g/mol. The summed E-state index contributed by atoms with van der Waals surface area (Å²) in [6.45, 7) is 2.65. The maximum absolute atomic E-state index is 12.0. The molecule has 0 radical (unpaired) electrons. The Balaban J connectivity index is 1.74. The molecule has 0 spiro atoms. The zero-order valence-electron chi connectivity index (χ0n) is 14.0. The van der Waals surface area contributed by atoms with Crippen LogP contribution in [0.15, 0.2) is 24.3 Å².